The molecule has 2 aromatic heterocycles. The average Bonchev–Trinajstić information content (AvgIpc) is 3.03. The highest BCUT2D eigenvalue weighted by molar-refractivity contribution is 5.61. The molecule has 0 aliphatic heterocycles. The fourth-order valence-corrected chi connectivity index (χ4v) is 2.69. The zero-order valence-corrected chi connectivity index (χ0v) is 12.9. The quantitative estimate of drug-likeness (QED) is 0.607. The van der Waals surface area contributed by atoms with Crippen LogP contribution < -0.4 is 10.9 Å². The summed E-state index contributed by atoms with van der Waals surface area (Å²) in [7, 11) is 0. The number of nitrogens with zero attached hydrogens (tertiary/aromatic N) is 2. The highest BCUT2D eigenvalue weighted by atomic mass is 16.1. The largest absolute Gasteiger partial charge is 0.366 e. The van der Waals surface area contributed by atoms with E-state index < -0.39 is 0 Å². The number of aromatic amines is 1. The molecule has 2 heterocycles. The first-order chi connectivity index (χ1) is 11.8. The SMILES string of the molecule is O=c1cc2[nH]c(NCc3ccccc3)cn2c(-c2ccccc2)n1. The van der Waals surface area contributed by atoms with Crippen LogP contribution in [0.15, 0.2) is 77.7 Å². The molecule has 0 bridgehead atoms. The van der Waals surface area contributed by atoms with Crippen LogP contribution in [0.1, 0.15) is 5.56 Å². The predicted octanol–water partition coefficient (Wildman–Crippen LogP) is 3.30. The van der Waals surface area contributed by atoms with Crippen molar-refractivity contribution >= 4 is 11.5 Å². The van der Waals surface area contributed by atoms with Gasteiger partial charge in [-0.05, 0) is 5.56 Å². The van der Waals surface area contributed by atoms with Crippen LogP contribution in [0, 0.1) is 0 Å². The minimum absolute atomic E-state index is 0.259. The molecule has 5 nitrogen and oxygen atoms in total. The first kappa shape index (κ1) is 14.3. The Balaban J connectivity index is 1.71. The normalized spacial score (nSPS) is 10.8. The average molecular weight is 316 g/mol. The Morgan fingerprint density at radius 1 is 1.00 bits per heavy atom. The van der Waals surface area contributed by atoms with Gasteiger partial charge in [0, 0.05) is 18.2 Å². The van der Waals surface area contributed by atoms with Gasteiger partial charge in [0.1, 0.15) is 17.3 Å². The summed E-state index contributed by atoms with van der Waals surface area (Å²) < 4.78 is 1.89. The molecule has 118 valence electrons. The maximum atomic E-state index is 11.9. The number of H-pyrrole nitrogens is 1. The first-order valence-electron chi connectivity index (χ1n) is 7.75. The van der Waals surface area contributed by atoms with Gasteiger partial charge in [-0.2, -0.15) is 4.98 Å². The van der Waals surface area contributed by atoms with Gasteiger partial charge in [-0.25, -0.2) is 0 Å². The number of aromatic nitrogens is 3. The van der Waals surface area contributed by atoms with E-state index in [0.717, 1.165) is 11.4 Å². The first-order valence-corrected chi connectivity index (χ1v) is 7.75. The van der Waals surface area contributed by atoms with E-state index >= 15 is 0 Å². The summed E-state index contributed by atoms with van der Waals surface area (Å²) in [4.78, 5) is 19.3. The highest BCUT2D eigenvalue weighted by Gasteiger charge is 2.09. The highest BCUT2D eigenvalue weighted by Crippen LogP contribution is 2.19. The van der Waals surface area contributed by atoms with Crippen molar-refractivity contribution < 1.29 is 0 Å². The van der Waals surface area contributed by atoms with E-state index in [2.05, 4.69) is 27.4 Å². The Hall–Kier alpha value is -3.34. The lowest BCUT2D eigenvalue weighted by molar-refractivity contribution is 1.07. The summed E-state index contributed by atoms with van der Waals surface area (Å²) in [5.74, 6) is 1.46. The Kier molecular flexibility index (Phi) is 3.59. The Labute approximate surface area is 138 Å². The van der Waals surface area contributed by atoms with Crippen LogP contribution in [-0.4, -0.2) is 14.4 Å². The molecule has 0 amide bonds. The smallest absolute Gasteiger partial charge is 0.275 e. The van der Waals surface area contributed by atoms with Crippen LogP contribution in [0.4, 0.5) is 5.82 Å². The zero-order valence-electron chi connectivity index (χ0n) is 12.9. The number of anilines is 1. The molecule has 2 N–H and O–H groups in total. The standard InChI is InChI=1S/C19H16N4O/c24-18-11-17-21-16(20-12-14-7-3-1-4-8-14)13-23(17)19(22-18)15-9-5-2-6-10-15/h1-11,13,20-21H,12H2. The molecule has 0 unspecified atom stereocenters. The molecule has 24 heavy (non-hydrogen) atoms. The molecule has 4 aromatic rings. The van der Waals surface area contributed by atoms with Crippen LogP contribution in [-0.2, 0) is 6.54 Å². The molecule has 5 heteroatoms. The van der Waals surface area contributed by atoms with Crippen LogP contribution in [0.25, 0.3) is 17.0 Å². The third-order valence-corrected chi connectivity index (χ3v) is 3.84. The third kappa shape index (κ3) is 2.79. The van der Waals surface area contributed by atoms with Gasteiger partial charge in [0.05, 0.1) is 6.20 Å². The molecule has 4 rings (SSSR count). The third-order valence-electron chi connectivity index (χ3n) is 3.84. The van der Waals surface area contributed by atoms with Crippen molar-refractivity contribution in [2.24, 2.45) is 0 Å². The van der Waals surface area contributed by atoms with Crippen LogP contribution in [0.2, 0.25) is 0 Å². The van der Waals surface area contributed by atoms with Crippen molar-refractivity contribution in [2.45, 2.75) is 6.54 Å². The topological polar surface area (TPSA) is 62.2 Å². The van der Waals surface area contributed by atoms with Gasteiger partial charge in [0.15, 0.2) is 0 Å². The van der Waals surface area contributed by atoms with Crippen LogP contribution in [0.5, 0.6) is 0 Å². The lowest BCUT2D eigenvalue weighted by atomic mass is 10.2. The second kappa shape index (κ2) is 6.04. The van der Waals surface area contributed by atoms with Crippen molar-refractivity contribution in [3.8, 4) is 11.4 Å². The molecule has 0 fully saturated rings. The van der Waals surface area contributed by atoms with Gasteiger partial charge >= 0.3 is 0 Å². The second-order valence-corrected chi connectivity index (χ2v) is 5.55. The number of hydrogen-bond acceptors (Lipinski definition) is 3. The van der Waals surface area contributed by atoms with Gasteiger partial charge in [0.25, 0.3) is 5.56 Å². The molecular formula is C19H16N4O. The second-order valence-electron chi connectivity index (χ2n) is 5.55. The van der Waals surface area contributed by atoms with E-state index in [1.54, 1.807) is 0 Å². The number of nitrogens with one attached hydrogen (secondary N) is 2. The molecule has 0 saturated carbocycles. The van der Waals surface area contributed by atoms with E-state index in [1.807, 2.05) is 59.1 Å². The fraction of sp³-hybridized carbons (Fsp3) is 0.0526. The Morgan fingerprint density at radius 3 is 2.46 bits per heavy atom. The summed E-state index contributed by atoms with van der Waals surface area (Å²) in [5, 5.41) is 3.34. The molecule has 0 spiro atoms. The number of fused-ring (bicyclic) bond motifs is 1. The van der Waals surface area contributed by atoms with E-state index in [9.17, 15) is 4.79 Å². The number of imidazole rings is 1. The lowest BCUT2D eigenvalue weighted by Crippen LogP contribution is -2.09. The van der Waals surface area contributed by atoms with Gasteiger partial charge in [-0.3, -0.25) is 9.20 Å². The van der Waals surface area contributed by atoms with Crippen LogP contribution >= 0.6 is 0 Å². The van der Waals surface area contributed by atoms with E-state index in [1.165, 1.54) is 11.6 Å². The summed E-state index contributed by atoms with van der Waals surface area (Å²) in [6.45, 7) is 0.701. The fourth-order valence-electron chi connectivity index (χ4n) is 2.69. The van der Waals surface area contributed by atoms with Crippen molar-refractivity contribution in [1.29, 1.82) is 0 Å². The minimum Gasteiger partial charge on any atom is -0.366 e. The summed E-state index contributed by atoms with van der Waals surface area (Å²) in [5.41, 5.74) is 2.54. The summed E-state index contributed by atoms with van der Waals surface area (Å²) in [6.07, 6.45) is 1.92. The van der Waals surface area contributed by atoms with E-state index in [4.69, 9.17) is 0 Å². The Bertz CT molecular complexity index is 1020. The minimum atomic E-state index is -0.259. The zero-order chi connectivity index (χ0) is 16.4. The molecule has 0 aliphatic carbocycles. The molecule has 0 radical (unpaired) electrons. The molecule has 2 aromatic carbocycles. The maximum absolute atomic E-state index is 11.9. The van der Waals surface area contributed by atoms with Gasteiger partial charge in [-0.15, -0.1) is 0 Å². The molecule has 0 atom stereocenters. The van der Waals surface area contributed by atoms with E-state index in [0.29, 0.717) is 18.0 Å². The lowest BCUT2D eigenvalue weighted by Gasteiger charge is -2.03. The number of benzene rings is 2. The molecular weight excluding hydrogens is 300 g/mol. The van der Waals surface area contributed by atoms with Gasteiger partial charge < -0.3 is 10.3 Å². The van der Waals surface area contributed by atoms with Crippen LogP contribution in [0.3, 0.4) is 0 Å². The van der Waals surface area contributed by atoms with Gasteiger partial charge in [-0.1, -0.05) is 60.7 Å². The van der Waals surface area contributed by atoms with Crippen molar-refractivity contribution in [1.82, 2.24) is 14.4 Å². The van der Waals surface area contributed by atoms with Crippen molar-refractivity contribution in [3.63, 3.8) is 0 Å². The van der Waals surface area contributed by atoms with E-state index in [-0.39, 0.29) is 5.56 Å². The van der Waals surface area contributed by atoms with Crippen molar-refractivity contribution in [3.05, 3.63) is 88.8 Å². The van der Waals surface area contributed by atoms with Crippen molar-refractivity contribution in [2.75, 3.05) is 5.32 Å². The summed E-state index contributed by atoms with van der Waals surface area (Å²) >= 11 is 0. The number of rotatable bonds is 4. The molecule has 0 aliphatic rings. The Morgan fingerprint density at radius 2 is 1.71 bits per heavy atom. The number of hydrogen-bond donors (Lipinski definition) is 2. The van der Waals surface area contributed by atoms with Gasteiger partial charge in [0.2, 0.25) is 0 Å². The predicted molar refractivity (Wildman–Crippen MR) is 95.0 cm³/mol. The molecule has 0 saturated heterocycles. The summed E-state index contributed by atoms with van der Waals surface area (Å²) in [6, 6.07) is 21.3. The monoisotopic (exact) mass is 316 g/mol. The maximum Gasteiger partial charge on any atom is 0.275 e.